The molecule has 162 valence electrons. The Bertz CT molecular complexity index is 1280. The van der Waals surface area contributed by atoms with E-state index in [9.17, 15) is 18.4 Å². The van der Waals surface area contributed by atoms with Gasteiger partial charge in [-0.05, 0) is 55.5 Å². The van der Waals surface area contributed by atoms with Crippen LogP contribution in [0, 0.1) is 6.92 Å². The number of furan rings is 1. The van der Waals surface area contributed by atoms with Gasteiger partial charge in [0.1, 0.15) is 17.2 Å². The molecule has 0 aliphatic carbocycles. The lowest BCUT2D eigenvalue weighted by Crippen LogP contribution is -2.15. The summed E-state index contributed by atoms with van der Waals surface area (Å²) in [7, 11) is 0. The lowest BCUT2D eigenvalue weighted by molar-refractivity contribution is -0.0498. The lowest BCUT2D eigenvalue weighted by atomic mass is 10.1. The molecule has 0 atom stereocenters. The second-order valence-electron chi connectivity index (χ2n) is 6.88. The summed E-state index contributed by atoms with van der Waals surface area (Å²) in [6.07, 6.45) is 0. The van der Waals surface area contributed by atoms with Gasteiger partial charge in [-0.3, -0.25) is 4.79 Å². The fourth-order valence-corrected chi connectivity index (χ4v) is 3.16. The van der Waals surface area contributed by atoms with Crippen molar-refractivity contribution in [3.8, 4) is 17.2 Å². The number of aryl methyl sites for hydroxylation is 1. The van der Waals surface area contributed by atoms with Gasteiger partial charge in [-0.1, -0.05) is 18.2 Å². The predicted octanol–water partition coefficient (Wildman–Crippen LogP) is 5.44. The van der Waals surface area contributed by atoms with Crippen molar-refractivity contribution in [1.82, 2.24) is 4.98 Å². The van der Waals surface area contributed by atoms with E-state index >= 15 is 0 Å². The number of aromatic nitrogens is 1. The van der Waals surface area contributed by atoms with E-state index in [0.717, 1.165) is 0 Å². The van der Waals surface area contributed by atoms with Crippen LogP contribution in [0.25, 0.3) is 22.4 Å². The van der Waals surface area contributed by atoms with Crippen LogP contribution in [-0.4, -0.2) is 30.0 Å². The number of Topliss-reactive ketones (excluding diaryl/α,β-unsaturated/α-hetero) is 1. The highest BCUT2D eigenvalue weighted by molar-refractivity contribution is 6.06. The Balaban J connectivity index is 1.54. The highest BCUT2D eigenvalue weighted by atomic mass is 19.3. The Morgan fingerprint density at radius 1 is 1.03 bits per heavy atom. The summed E-state index contributed by atoms with van der Waals surface area (Å²) < 4.78 is 39.6. The number of benzene rings is 2. The first-order valence-corrected chi connectivity index (χ1v) is 9.62. The molecule has 6 nitrogen and oxygen atoms in total. The molecule has 0 aliphatic rings. The maximum Gasteiger partial charge on any atom is 0.387 e. The van der Waals surface area contributed by atoms with Gasteiger partial charge in [-0.25, -0.2) is 9.78 Å². The maximum absolute atomic E-state index is 12.8. The molecule has 0 saturated carbocycles. The number of pyridine rings is 1. The van der Waals surface area contributed by atoms with Crippen LogP contribution in [0.3, 0.4) is 0 Å². The number of hydrogen-bond acceptors (Lipinski definition) is 6. The van der Waals surface area contributed by atoms with Crippen LogP contribution in [0.4, 0.5) is 8.78 Å². The first-order chi connectivity index (χ1) is 15.4. The van der Waals surface area contributed by atoms with Crippen molar-refractivity contribution in [3.63, 3.8) is 0 Å². The van der Waals surface area contributed by atoms with Gasteiger partial charge in [0.05, 0.1) is 11.1 Å². The zero-order valence-electron chi connectivity index (χ0n) is 16.9. The molecule has 2 aromatic carbocycles. The normalized spacial score (nSPS) is 11.0. The fourth-order valence-electron chi connectivity index (χ4n) is 3.16. The molecule has 0 saturated heterocycles. The minimum atomic E-state index is -2.96. The second-order valence-corrected chi connectivity index (χ2v) is 6.88. The molecule has 0 radical (unpaired) electrons. The standard InChI is InChI=1S/C24H17F2NO5/c1-14-6-11-22(31-14)20-12-18(17-4-2-3-5-19(17)27-20)23(29)30-13-21(28)15-7-9-16(10-8-15)32-24(25)26/h2-12,24H,13H2,1H3. The molecule has 0 N–H and O–H groups in total. The molecule has 8 heteroatoms. The number of para-hydroxylation sites is 1. The molecule has 0 bridgehead atoms. The molecule has 4 rings (SSSR count). The van der Waals surface area contributed by atoms with E-state index in [2.05, 4.69) is 9.72 Å². The van der Waals surface area contributed by atoms with E-state index in [0.29, 0.717) is 28.1 Å². The van der Waals surface area contributed by atoms with Crippen molar-refractivity contribution in [1.29, 1.82) is 0 Å². The second kappa shape index (κ2) is 8.97. The van der Waals surface area contributed by atoms with Crippen LogP contribution in [-0.2, 0) is 4.74 Å². The zero-order valence-corrected chi connectivity index (χ0v) is 16.9. The Kier molecular flexibility index (Phi) is 5.93. The van der Waals surface area contributed by atoms with E-state index in [-0.39, 0.29) is 16.9 Å². The molecule has 0 spiro atoms. The molecular weight excluding hydrogens is 420 g/mol. The third-order valence-corrected chi connectivity index (χ3v) is 4.66. The molecule has 0 fully saturated rings. The number of fused-ring (bicyclic) bond motifs is 1. The molecule has 0 unspecified atom stereocenters. The fraction of sp³-hybridized carbons (Fsp3) is 0.125. The average Bonchev–Trinajstić information content (AvgIpc) is 3.23. The summed E-state index contributed by atoms with van der Waals surface area (Å²) >= 11 is 0. The van der Waals surface area contributed by atoms with Gasteiger partial charge in [0.25, 0.3) is 0 Å². The summed E-state index contributed by atoms with van der Waals surface area (Å²) in [5.74, 6) is -0.0436. The minimum absolute atomic E-state index is 0.0718. The maximum atomic E-state index is 12.8. The van der Waals surface area contributed by atoms with Crippen LogP contribution in [0.15, 0.2) is 71.1 Å². The Morgan fingerprint density at radius 3 is 2.47 bits per heavy atom. The van der Waals surface area contributed by atoms with Crippen LogP contribution in [0.5, 0.6) is 5.75 Å². The predicted molar refractivity (Wildman–Crippen MR) is 112 cm³/mol. The van der Waals surface area contributed by atoms with Gasteiger partial charge in [-0.2, -0.15) is 8.78 Å². The number of rotatable bonds is 7. The van der Waals surface area contributed by atoms with Gasteiger partial charge in [-0.15, -0.1) is 0 Å². The van der Waals surface area contributed by atoms with Gasteiger partial charge in [0.15, 0.2) is 18.2 Å². The van der Waals surface area contributed by atoms with E-state index in [1.54, 1.807) is 49.4 Å². The quantitative estimate of drug-likeness (QED) is 0.283. The van der Waals surface area contributed by atoms with Crippen LogP contribution in [0.2, 0.25) is 0 Å². The first kappa shape index (κ1) is 21.2. The highest BCUT2D eigenvalue weighted by Crippen LogP contribution is 2.27. The molecule has 2 heterocycles. The number of carbonyl (C=O) groups excluding carboxylic acids is 2. The number of alkyl halides is 2. The number of carbonyl (C=O) groups is 2. The number of nitrogens with zero attached hydrogens (tertiary/aromatic N) is 1. The van der Waals surface area contributed by atoms with Crippen LogP contribution in [0.1, 0.15) is 26.5 Å². The SMILES string of the molecule is Cc1ccc(-c2cc(C(=O)OCC(=O)c3ccc(OC(F)F)cc3)c3ccccc3n2)o1. The van der Waals surface area contributed by atoms with E-state index in [4.69, 9.17) is 9.15 Å². The molecule has 2 aromatic heterocycles. The molecular formula is C24H17F2NO5. The Labute approximate surface area is 181 Å². The number of hydrogen-bond donors (Lipinski definition) is 0. The van der Waals surface area contributed by atoms with Crippen molar-refractivity contribution in [3.05, 3.63) is 83.6 Å². The Hall–Kier alpha value is -4.07. The largest absolute Gasteiger partial charge is 0.460 e. The summed E-state index contributed by atoms with van der Waals surface area (Å²) in [4.78, 5) is 29.7. The smallest absolute Gasteiger partial charge is 0.387 e. The van der Waals surface area contributed by atoms with Crippen molar-refractivity contribution in [2.75, 3.05) is 6.61 Å². The van der Waals surface area contributed by atoms with Gasteiger partial charge in [0.2, 0.25) is 0 Å². The van der Waals surface area contributed by atoms with Crippen molar-refractivity contribution in [2.24, 2.45) is 0 Å². The monoisotopic (exact) mass is 437 g/mol. The topological polar surface area (TPSA) is 78.6 Å². The lowest BCUT2D eigenvalue weighted by Gasteiger charge is -2.09. The van der Waals surface area contributed by atoms with Crippen molar-refractivity contribution < 1.29 is 32.3 Å². The molecule has 32 heavy (non-hydrogen) atoms. The summed E-state index contributed by atoms with van der Waals surface area (Å²) in [5.41, 5.74) is 1.48. The number of halogens is 2. The summed E-state index contributed by atoms with van der Waals surface area (Å²) in [6, 6.07) is 17.3. The van der Waals surface area contributed by atoms with Crippen LogP contribution < -0.4 is 4.74 Å². The minimum Gasteiger partial charge on any atom is -0.460 e. The first-order valence-electron chi connectivity index (χ1n) is 9.62. The van der Waals surface area contributed by atoms with Gasteiger partial charge in [0, 0.05) is 10.9 Å². The third kappa shape index (κ3) is 4.64. The summed E-state index contributed by atoms with van der Waals surface area (Å²) in [6.45, 7) is -1.67. The molecule has 4 aromatic rings. The number of ether oxygens (including phenoxy) is 2. The van der Waals surface area contributed by atoms with Crippen molar-refractivity contribution in [2.45, 2.75) is 13.5 Å². The zero-order chi connectivity index (χ0) is 22.7. The van der Waals surface area contributed by atoms with Gasteiger partial charge >= 0.3 is 12.6 Å². The van der Waals surface area contributed by atoms with E-state index in [1.165, 1.54) is 24.3 Å². The number of ketones is 1. The summed E-state index contributed by atoms with van der Waals surface area (Å²) in [5, 5.41) is 0.575. The third-order valence-electron chi connectivity index (χ3n) is 4.66. The number of esters is 1. The van der Waals surface area contributed by atoms with E-state index in [1.807, 2.05) is 0 Å². The van der Waals surface area contributed by atoms with Crippen molar-refractivity contribution >= 4 is 22.7 Å². The Morgan fingerprint density at radius 2 is 1.78 bits per heavy atom. The van der Waals surface area contributed by atoms with E-state index < -0.39 is 25.0 Å². The average molecular weight is 437 g/mol. The molecule has 0 amide bonds. The molecule has 0 aliphatic heterocycles. The van der Waals surface area contributed by atoms with Crippen LogP contribution >= 0.6 is 0 Å². The van der Waals surface area contributed by atoms with Gasteiger partial charge < -0.3 is 13.9 Å². The highest BCUT2D eigenvalue weighted by Gasteiger charge is 2.18.